The zero-order valence-corrected chi connectivity index (χ0v) is 23.3. The van der Waals surface area contributed by atoms with Crippen LogP contribution in [0.4, 0.5) is 13.2 Å². The maximum absolute atomic E-state index is 13.5. The Bertz CT molecular complexity index is 1170. The molecular weight excluding hydrogens is 521 g/mol. The summed E-state index contributed by atoms with van der Waals surface area (Å²) in [5.41, 5.74) is 6.89. The Morgan fingerprint density at radius 2 is 1.80 bits per heavy atom. The van der Waals surface area contributed by atoms with Gasteiger partial charge in [-0.15, -0.1) is 0 Å². The number of pyridine rings is 1. The smallest absolute Gasteiger partial charge is 0.369 e. The molecule has 1 aliphatic rings. The molecule has 1 aliphatic heterocycles. The molecule has 1 saturated heterocycles. The number of hydrogen-bond acceptors (Lipinski definition) is 4. The Morgan fingerprint density at radius 3 is 2.40 bits per heavy atom. The van der Waals surface area contributed by atoms with Gasteiger partial charge in [0.2, 0.25) is 17.7 Å². The van der Waals surface area contributed by atoms with Gasteiger partial charge in [-0.05, 0) is 67.3 Å². The van der Waals surface area contributed by atoms with Crippen molar-refractivity contribution < 1.29 is 27.6 Å². The van der Waals surface area contributed by atoms with Crippen molar-refractivity contribution in [2.24, 2.45) is 23.5 Å². The molecule has 0 aliphatic carbocycles. The van der Waals surface area contributed by atoms with E-state index < -0.39 is 35.5 Å². The van der Waals surface area contributed by atoms with Crippen LogP contribution in [0.3, 0.4) is 0 Å². The van der Waals surface area contributed by atoms with Crippen molar-refractivity contribution in [3.8, 4) is 11.1 Å². The van der Waals surface area contributed by atoms with Crippen LogP contribution in [0, 0.1) is 17.8 Å². The fourth-order valence-corrected chi connectivity index (χ4v) is 5.29. The number of amides is 3. The summed E-state index contributed by atoms with van der Waals surface area (Å²) < 4.78 is 38.8. The number of hydrogen-bond donors (Lipinski definition) is 2. The van der Waals surface area contributed by atoms with E-state index in [4.69, 9.17) is 5.73 Å². The summed E-state index contributed by atoms with van der Waals surface area (Å²) in [4.78, 5) is 45.1. The highest BCUT2D eigenvalue weighted by molar-refractivity contribution is 5.91. The normalized spacial score (nSPS) is 17.8. The molecule has 218 valence electrons. The van der Waals surface area contributed by atoms with E-state index in [-0.39, 0.29) is 24.3 Å². The van der Waals surface area contributed by atoms with Crippen molar-refractivity contribution >= 4 is 17.7 Å². The lowest BCUT2D eigenvalue weighted by Crippen LogP contribution is -2.50. The Kier molecular flexibility index (Phi) is 10.7. The molecule has 1 aromatic heterocycles. The maximum atomic E-state index is 13.5. The highest BCUT2D eigenvalue weighted by Gasteiger charge is 2.36. The third-order valence-corrected chi connectivity index (χ3v) is 7.32. The van der Waals surface area contributed by atoms with Crippen LogP contribution in [0.1, 0.15) is 70.4 Å². The number of rotatable bonds is 11. The number of aromatic nitrogens is 1. The largest absolute Gasteiger partial charge is 0.416 e. The molecule has 0 saturated carbocycles. The Balaban J connectivity index is 1.75. The van der Waals surface area contributed by atoms with Gasteiger partial charge in [0, 0.05) is 42.9 Å². The van der Waals surface area contributed by atoms with Crippen LogP contribution in [0.15, 0.2) is 42.7 Å². The molecule has 1 aromatic carbocycles. The first-order chi connectivity index (χ1) is 18.9. The average molecular weight is 561 g/mol. The fourth-order valence-electron chi connectivity index (χ4n) is 5.29. The van der Waals surface area contributed by atoms with Crippen LogP contribution in [0.2, 0.25) is 0 Å². The van der Waals surface area contributed by atoms with Crippen LogP contribution in [-0.4, -0.2) is 40.2 Å². The summed E-state index contributed by atoms with van der Waals surface area (Å²) >= 11 is 0. The molecule has 3 atom stereocenters. The minimum atomic E-state index is -4.41. The maximum Gasteiger partial charge on any atom is 0.416 e. The van der Waals surface area contributed by atoms with Gasteiger partial charge in [-0.3, -0.25) is 19.4 Å². The summed E-state index contributed by atoms with van der Waals surface area (Å²) in [6, 6.07) is 5.95. The first-order valence-corrected chi connectivity index (χ1v) is 13.9. The van der Waals surface area contributed by atoms with E-state index in [9.17, 15) is 27.6 Å². The molecule has 3 N–H and O–H groups in total. The van der Waals surface area contributed by atoms with Gasteiger partial charge in [0.1, 0.15) is 6.04 Å². The number of nitrogens with zero attached hydrogens (tertiary/aromatic N) is 2. The molecule has 2 aromatic rings. The third-order valence-electron chi connectivity index (χ3n) is 7.32. The molecule has 0 radical (unpaired) electrons. The van der Waals surface area contributed by atoms with Gasteiger partial charge in [-0.25, -0.2) is 0 Å². The van der Waals surface area contributed by atoms with Crippen molar-refractivity contribution in [1.29, 1.82) is 0 Å². The minimum Gasteiger partial charge on any atom is -0.369 e. The topological polar surface area (TPSA) is 105 Å². The predicted octanol–water partition coefficient (Wildman–Crippen LogP) is 5.33. The summed E-state index contributed by atoms with van der Waals surface area (Å²) in [7, 11) is 0. The Morgan fingerprint density at radius 1 is 1.10 bits per heavy atom. The molecule has 0 spiro atoms. The fraction of sp³-hybridized carbons (Fsp3) is 0.533. The summed E-state index contributed by atoms with van der Waals surface area (Å²) in [5, 5.41) is 2.93. The Labute approximate surface area is 233 Å². The number of benzene rings is 1. The number of carbonyl (C=O) groups is 3. The van der Waals surface area contributed by atoms with Crippen molar-refractivity contribution in [2.75, 3.05) is 6.54 Å². The quantitative estimate of drug-likeness (QED) is 0.388. The van der Waals surface area contributed by atoms with Gasteiger partial charge in [-0.1, -0.05) is 39.3 Å². The molecule has 3 rings (SSSR count). The van der Waals surface area contributed by atoms with Crippen LogP contribution in [0.5, 0.6) is 0 Å². The second-order valence-corrected chi connectivity index (χ2v) is 11.0. The van der Waals surface area contributed by atoms with Crippen molar-refractivity contribution in [3.05, 3.63) is 53.9 Å². The van der Waals surface area contributed by atoms with Gasteiger partial charge in [0.25, 0.3) is 0 Å². The summed E-state index contributed by atoms with van der Waals surface area (Å²) in [5.74, 6) is -2.07. The zero-order chi connectivity index (χ0) is 29.4. The molecule has 3 amide bonds. The second kappa shape index (κ2) is 13.8. The number of alkyl halides is 3. The van der Waals surface area contributed by atoms with Crippen molar-refractivity contribution in [1.82, 2.24) is 15.2 Å². The van der Waals surface area contributed by atoms with E-state index in [0.29, 0.717) is 43.4 Å². The first kappa shape index (κ1) is 31.1. The molecule has 10 heteroatoms. The third kappa shape index (κ3) is 8.29. The van der Waals surface area contributed by atoms with E-state index in [1.165, 1.54) is 12.1 Å². The van der Waals surface area contributed by atoms with Crippen LogP contribution in [0.25, 0.3) is 11.1 Å². The highest BCUT2D eigenvalue weighted by Crippen LogP contribution is 2.31. The van der Waals surface area contributed by atoms with Crippen LogP contribution >= 0.6 is 0 Å². The number of likely N-dealkylation sites (tertiary alicyclic amines) is 1. The monoisotopic (exact) mass is 560 g/mol. The van der Waals surface area contributed by atoms with Crippen molar-refractivity contribution in [3.63, 3.8) is 0 Å². The molecule has 1 fully saturated rings. The number of primary amides is 1. The molecule has 7 nitrogen and oxygen atoms in total. The lowest BCUT2D eigenvalue weighted by atomic mass is 9.81. The SMILES string of the molecule is CCCC(C(N)=O)C(CC(C)C)C(=O)N[C@H]1CCCCN(Cc2cncc(-c3ccc(C(F)(F)F)cc3)c2)C1=O. The summed E-state index contributed by atoms with van der Waals surface area (Å²) in [6.45, 7) is 6.66. The standard InChI is InChI=1S/C30H39F3N4O3/c1-4-7-24(27(34)38)25(14-19(2)3)28(39)36-26-8-5-6-13-37(29(26)40)18-20-15-22(17-35-16-20)21-9-11-23(12-10-21)30(31,32)33/h9-12,15-17,19,24-26H,4-8,13-14,18H2,1-3H3,(H2,34,38)(H,36,39)/t24?,25?,26-/m0/s1. The molecule has 2 unspecified atom stereocenters. The lowest BCUT2D eigenvalue weighted by molar-refractivity contribution is -0.139. The summed E-state index contributed by atoms with van der Waals surface area (Å²) in [6.07, 6.45) is 2.50. The van der Waals surface area contributed by atoms with E-state index >= 15 is 0 Å². The lowest BCUT2D eigenvalue weighted by Gasteiger charge is -2.29. The van der Waals surface area contributed by atoms with Gasteiger partial charge in [0.05, 0.1) is 5.56 Å². The average Bonchev–Trinajstić information content (AvgIpc) is 3.06. The second-order valence-electron chi connectivity index (χ2n) is 11.0. The zero-order valence-electron chi connectivity index (χ0n) is 23.3. The number of nitrogens with one attached hydrogen (secondary N) is 1. The van der Waals surface area contributed by atoms with E-state index in [1.807, 2.05) is 26.8 Å². The van der Waals surface area contributed by atoms with E-state index in [1.54, 1.807) is 17.3 Å². The van der Waals surface area contributed by atoms with E-state index in [2.05, 4.69) is 10.3 Å². The Hall–Kier alpha value is -3.43. The van der Waals surface area contributed by atoms with Gasteiger partial charge >= 0.3 is 6.18 Å². The first-order valence-electron chi connectivity index (χ1n) is 13.9. The highest BCUT2D eigenvalue weighted by atomic mass is 19.4. The molecular formula is C30H39F3N4O3. The van der Waals surface area contributed by atoms with Crippen LogP contribution in [-0.2, 0) is 27.1 Å². The number of carbonyl (C=O) groups excluding carboxylic acids is 3. The predicted molar refractivity (Wildman–Crippen MR) is 146 cm³/mol. The molecule has 0 bridgehead atoms. The van der Waals surface area contributed by atoms with E-state index in [0.717, 1.165) is 30.5 Å². The minimum absolute atomic E-state index is 0.167. The van der Waals surface area contributed by atoms with Crippen molar-refractivity contribution in [2.45, 2.75) is 78.1 Å². The number of nitrogens with two attached hydrogens (primary N) is 1. The van der Waals surface area contributed by atoms with Gasteiger partial charge in [0.15, 0.2) is 0 Å². The van der Waals surface area contributed by atoms with Gasteiger partial charge in [-0.2, -0.15) is 13.2 Å². The number of halogens is 3. The van der Waals surface area contributed by atoms with Gasteiger partial charge < -0.3 is 16.0 Å². The molecule has 2 heterocycles. The molecule has 40 heavy (non-hydrogen) atoms. The van der Waals surface area contributed by atoms with Crippen LogP contribution < -0.4 is 11.1 Å².